The maximum Gasteiger partial charge on any atom is 0.255 e. The summed E-state index contributed by atoms with van der Waals surface area (Å²) in [5, 5.41) is 0. The van der Waals surface area contributed by atoms with Gasteiger partial charge in [-0.15, -0.1) is 0 Å². The van der Waals surface area contributed by atoms with E-state index in [0.29, 0.717) is 5.56 Å². The van der Waals surface area contributed by atoms with Crippen LogP contribution in [0.5, 0.6) is 17.2 Å². The molecule has 1 aliphatic heterocycles. The van der Waals surface area contributed by atoms with Gasteiger partial charge in [0.1, 0.15) is 0 Å². The van der Waals surface area contributed by atoms with Crippen molar-refractivity contribution in [3.63, 3.8) is 0 Å². The number of rotatable bonds is 7. The van der Waals surface area contributed by atoms with E-state index in [1.807, 2.05) is 0 Å². The van der Waals surface area contributed by atoms with Crippen LogP contribution in [-0.4, -0.2) is 82.7 Å². The van der Waals surface area contributed by atoms with Gasteiger partial charge in [-0.1, -0.05) is 0 Å². The Balaban J connectivity index is 2.23. The maximum absolute atomic E-state index is 12.8. The molecule has 0 saturated carbocycles. The van der Waals surface area contributed by atoms with Crippen molar-refractivity contribution < 1.29 is 32.2 Å². The summed E-state index contributed by atoms with van der Waals surface area (Å²) in [5.41, 5.74) is 5.38. The van der Waals surface area contributed by atoms with E-state index in [0.717, 1.165) is 6.26 Å². The fourth-order valence-corrected chi connectivity index (χ4v) is 3.52. The first kappa shape index (κ1) is 20.8. The van der Waals surface area contributed by atoms with Crippen LogP contribution in [0, 0.1) is 0 Å². The van der Waals surface area contributed by atoms with E-state index in [1.54, 1.807) is 4.90 Å². The fraction of sp³-hybridized carbons (Fsp3) is 0.500. The van der Waals surface area contributed by atoms with Gasteiger partial charge in [-0.2, -0.15) is 4.31 Å². The minimum Gasteiger partial charge on any atom is -0.493 e. The predicted octanol–water partition coefficient (Wildman–Crippen LogP) is -0.715. The van der Waals surface area contributed by atoms with E-state index in [4.69, 9.17) is 19.9 Å². The molecule has 2 N–H and O–H groups in total. The first-order chi connectivity index (χ1) is 12.7. The molecular formula is C16H23N3O7S. The highest BCUT2D eigenvalue weighted by molar-refractivity contribution is 7.88. The predicted molar refractivity (Wildman–Crippen MR) is 96.6 cm³/mol. The van der Waals surface area contributed by atoms with Gasteiger partial charge < -0.3 is 24.8 Å². The zero-order chi connectivity index (χ0) is 20.2. The standard InChI is InChI=1S/C16H23N3O7S/c1-24-12-8-11(9-13(25-2)15(12)26-10-14(17)20)16(21)18-4-6-19(7-5-18)27(3,22)23/h8-9H,4-7,10H2,1-3H3,(H2,17,20). The normalized spacial score (nSPS) is 15.3. The Bertz CT molecular complexity index is 792. The molecule has 0 atom stereocenters. The van der Waals surface area contributed by atoms with Crippen LogP contribution in [-0.2, 0) is 14.8 Å². The molecule has 0 bridgehead atoms. The molecule has 0 spiro atoms. The summed E-state index contributed by atoms with van der Waals surface area (Å²) in [6.07, 6.45) is 1.14. The summed E-state index contributed by atoms with van der Waals surface area (Å²) < 4.78 is 40.3. The Morgan fingerprint density at radius 3 is 2.00 bits per heavy atom. The number of methoxy groups -OCH3 is 2. The summed E-state index contributed by atoms with van der Waals surface area (Å²) in [5.74, 6) is -0.358. The molecule has 1 aliphatic rings. The van der Waals surface area contributed by atoms with E-state index >= 15 is 0 Å². The Hall–Kier alpha value is -2.53. The number of nitrogens with zero attached hydrogens (tertiary/aromatic N) is 2. The average Bonchev–Trinajstić information content (AvgIpc) is 2.64. The second-order valence-electron chi connectivity index (χ2n) is 5.92. The fourth-order valence-electron chi connectivity index (χ4n) is 2.69. The lowest BCUT2D eigenvalue weighted by Gasteiger charge is -2.33. The maximum atomic E-state index is 12.8. The van der Waals surface area contributed by atoms with Gasteiger partial charge in [-0.25, -0.2) is 8.42 Å². The van der Waals surface area contributed by atoms with Crippen molar-refractivity contribution >= 4 is 21.8 Å². The summed E-state index contributed by atoms with van der Waals surface area (Å²) in [6, 6.07) is 2.95. The molecule has 2 rings (SSSR count). The zero-order valence-electron chi connectivity index (χ0n) is 15.4. The molecule has 1 aromatic carbocycles. The average molecular weight is 401 g/mol. The first-order valence-corrected chi connectivity index (χ1v) is 9.93. The third-order valence-electron chi connectivity index (χ3n) is 4.06. The van der Waals surface area contributed by atoms with Gasteiger partial charge in [-0.3, -0.25) is 9.59 Å². The summed E-state index contributed by atoms with van der Waals surface area (Å²) in [4.78, 5) is 25.3. The van der Waals surface area contributed by atoms with E-state index in [2.05, 4.69) is 0 Å². The topological polar surface area (TPSA) is 128 Å². The minimum absolute atomic E-state index is 0.164. The van der Waals surface area contributed by atoms with Crippen molar-refractivity contribution in [2.75, 3.05) is 53.3 Å². The highest BCUT2D eigenvalue weighted by atomic mass is 32.2. The molecule has 2 amide bonds. The number of sulfonamides is 1. The van der Waals surface area contributed by atoms with Crippen LogP contribution >= 0.6 is 0 Å². The lowest BCUT2D eigenvalue weighted by atomic mass is 10.1. The van der Waals surface area contributed by atoms with Crippen LogP contribution in [0.15, 0.2) is 12.1 Å². The molecule has 1 fully saturated rings. The van der Waals surface area contributed by atoms with Gasteiger partial charge in [0.15, 0.2) is 18.1 Å². The number of hydrogen-bond acceptors (Lipinski definition) is 7. The van der Waals surface area contributed by atoms with Crippen LogP contribution < -0.4 is 19.9 Å². The molecular weight excluding hydrogens is 378 g/mol. The molecule has 1 saturated heterocycles. The van der Waals surface area contributed by atoms with Gasteiger partial charge >= 0.3 is 0 Å². The van der Waals surface area contributed by atoms with Crippen molar-refractivity contribution in [2.24, 2.45) is 5.73 Å². The Morgan fingerprint density at radius 1 is 1.07 bits per heavy atom. The van der Waals surface area contributed by atoms with E-state index < -0.39 is 15.9 Å². The number of piperazine rings is 1. The quantitative estimate of drug-likeness (QED) is 0.639. The minimum atomic E-state index is -3.28. The number of carbonyl (C=O) groups is 2. The number of carbonyl (C=O) groups excluding carboxylic acids is 2. The lowest BCUT2D eigenvalue weighted by molar-refractivity contribution is -0.120. The van der Waals surface area contributed by atoms with Gasteiger partial charge in [-0.05, 0) is 12.1 Å². The second-order valence-corrected chi connectivity index (χ2v) is 7.90. The van der Waals surface area contributed by atoms with Crippen LogP contribution in [0.4, 0.5) is 0 Å². The smallest absolute Gasteiger partial charge is 0.255 e. The SMILES string of the molecule is COc1cc(C(=O)N2CCN(S(C)(=O)=O)CC2)cc(OC)c1OCC(N)=O. The van der Waals surface area contributed by atoms with Crippen LogP contribution in [0.3, 0.4) is 0 Å². The van der Waals surface area contributed by atoms with Gasteiger partial charge in [0.25, 0.3) is 11.8 Å². The van der Waals surface area contributed by atoms with E-state index in [-0.39, 0.29) is 55.9 Å². The third-order valence-corrected chi connectivity index (χ3v) is 5.36. The zero-order valence-corrected chi connectivity index (χ0v) is 16.2. The van der Waals surface area contributed by atoms with Gasteiger partial charge in [0.05, 0.1) is 20.5 Å². The highest BCUT2D eigenvalue weighted by Gasteiger charge is 2.28. The highest BCUT2D eigenvalue weighted by Crippen LogP contribution is 2.38. The molecule has 10 nitrogen and oxygen atoms in total. The second kappa shape index (κ2) is 8.44. The van der Waals surface area contributed by atoms with Crippen LogP contribution in [0.2, 0.25) is 0 Å². The number of amides is 2. The van der Waals surface area contributed by atoms with Gasteiger partial charge in [0.2, 0.25) is 15.8 Å². The number of benzene rings is 1. The van der Waals surface area contributed by atoms with Gasteiger partial charge in [0, 0.05) is 31.7 Å². The first-order valence-electron chi connectivity index (χ1n) is 8.09. The van der Waals surface area contributed by atoms with Crippen LogP contribution in [0.25, 0.3) is 0 Å². The molecule has 0 unspecified atom stereocenters. The summed E-state index contributed by atoms with van der Waals surface area (Å²) in [6.45, 7) is 0.650. The molecule has 0 aliphatic carbocycles. The Kier molecular flexibility index (Phi) is 6.50. The molecule has 11 heteroatoms. The Morgan fingerprint density at radius 2 is 1.59 bits per heavy atom. The van der Waals surface area contributed by atoms with Crippen molar-refractivity contribution in [3.8, 4) is 17.2 Å². The third kappa shape index (κ3) is 5.01. The van der Waals surface area contributed by atoms with Crippen molar-refractivity contribution in [3.05, 3.63) is 17.7 Å². The monoisotopic (exact) mass is 401 g/mol. The molecule has 1 heterocycles. The van der Waals surface area contributed by atoms with Crippen molar-refractivity contribution in [1.82, 2.24) is 9.21 Å². The van der Waals surface area contributed by atoms with Crippen molar-refractivity contribution in [2.45, 2.75) is 0 Å². The molecule has 0 radical (unpaired) electrons. The number of primary amides is 1. The lowest BCUT2D eigenvalue weighted by Crippen LogP contribution is -2.50. The van der Waals surface area contributed by atoms with E-state index in [9.17, 15) is 18.0 Å². The van der Waals surface area contributed by atoms with Crippen molar-refractivity contribution in [1.29, 1.82) is 0 Å². The summed E-state index contributed by atoms with van der Waals surface area (Å²) in [7, 11) is -0.491. The number of ether oxygens (including phenoxy) is 3. The summed E-state index contributed by atoms with van der Waals surface area (Å²) >= 11 is 0. The Labute approximate surface area is 157 Å². The van der Waals surface area contributed by atoms with Crippen LogP contribution in [0.1, 0.15) is 10.4 Å². The largest absolute Gasteiger partial charge is 0.493 e. The number of nitrogens with two attached hydrogens (primary N) is 1. The molecule has 27 heavy (non-hydrogen) atoms. The molecule has 150 valence electrons. The molecule has 0 aromatic heterocycles. The number of hydrogen-bond donors (Lipinski definition) is 1. The molecule has 1 aromatic rings. The van der Waals surface area contributed by atoms with E-state index in [1.165, 1.54) is 30.7 Å².